The van der Waals surface area contributed by atoms with Crippen LogP contribution in [0, 0.1) is 0 Å². The highest BCUT2D eigenvalue weighted by Crippen LogP contribution is 2.22. The number of fused-ring (bicyclic) bond motifs is 1. The zero-order chi connectivity index (χ0) is 14.4. The Morgan fingerprint density at radius 2 is 1.70 bits per heavy atom. The highest BCUT2D eigenvalue weighted by Gasteiger charge is 2.13. The Balaban J connectivity index is 1.79. The topological polar surface area (TPSA) is 67.5 Å². The van der Waals surface area contributed by atoms with Gasteiger partial charge in [-0.05, 0) is 12.8 Å². The van der Waals surface area contributed by atoms with Crippen molar-refractivity contribution in [1.82, 2.24) is 0 Å². The largest absolute Gasteiger partial charge is 0.481 e. The van der Waals surface area contributed by atoms with Gasteiger partial charge >= 0.3 is 5.97 Å². The van der Waals surface area contributed by atoms with E-state index in [2.05, 4.69) is 0 Å². The second kappa shape index (κ2) is 6.89. The van der Waals surface area contributed by atoms with Gasteiger partial charge in [0.15, 0.2) is 11.5 Å². The molecule has 0 atom stereocenters. The number of carbonyl (C=O) groups excluding carboxylic acids is 1. The summed E-state index contributed by atoms with van der Waals surface area (Å²) in [7, 11) is 0. The second-order valence-corrected chi connectivity index (χ2v) is 4.88. The molecule has 0 radical (unpaired) electrons. The van der Waals surface area contributed by atoms with E-state index in [0.29, 0.717) is 18.6 Å². The molecule has 2 rings (SSSR count). The van der Waals surface area contributed by atoms with E-state index >= 15 is 0 Å². The molecule has 1 aromatic heterocycles. The van der Waals surface area contributed by atoms with Gasteiger partial charge in [-0.25, -0.2) is 0 Å². The first kappa shape index (κ1) is 14.3. The van der Waals surface area contributed by atoms with Crippen LogP contribution >= 0.6 is 0 Å². The molecule has 0 unspecified atom stereocenters. The summed E-state index contributed by atoms with van der Waals surface area (Å²) >= 11 is 0. The van der Waals surface area contributed by atoms with Gasteiger partial charge in [-0.2, -0.15) is 0 Å². The zero-order valence-electron chi connectivity index (χ0n) is 11.3. The molecule has 4 heteroatoms. The highest BCUT2D eigenvalue weighted by atomic mass is 16.4. The lowest BCUT2D eigenvalue weighted by atomic mass is 10.1. The smallest absolute Gasteiger partial charge is 0.303 e. The Labute approximate surface area is 117 Å². The van der Waals surface area contributed by atoms with Gasteiger partial charge in [0.25, 0.3) is 0 Å². The van der Waals surface area contributed by atoms with Crippen molar-refractivity contribution in [1.29, 1.82) is 0 Å². The minimum atomic E-state index is -0.761. The van der Waals surface area contributed by atoms with E-state index in [1.165, 1.54) is 0 Å². The third-order valence-corrected chi connectivity index (χ3v) is 3.31. The monoisotopic (exact) mass is 274 g/mol. The first-order valence-corrected chi connectivity index (χ1v) is 6.89. The summed E-state index contributed by atoms with van der Waals surface area (Å²) < 4.78 is 5.36. The number of carbonyl (C=O) groups is 2. The number of furan rings is 1. The van der Waals surface area contributed by atoms with E-state index in [9.17, 15) is 9.59 Å². The molecule has 0 aliphatic carbocycles. The third-order valence-electron chi connectivity index (χ3n) is 3.31. The Bertz CT molecular complexity index is 597. The number of unbranched alkanes of at least 4 members (excludes halogenated alkanes) is 3. The maximum absolute atomic E-state index is 12.1. The number of ketones is 1. The van der Waals surface area contributed by atoms with E-state index in [0.717, 1.165) is 30.0 Å². The summed E-state index contributed by atoms with van der Waals surface area (Å²) in [6.45, 7) is 0. The number of carboxylic acids is 1. The number of Topliss-reactive ketones (excluding diaryl/α,β-unsaturated/α-hetero) is 1. The molecule has 1 heterocycles. The van der Waals surface area contributed by atoms with E-state index in [1.54, 1.807) is 6.26 Å². The van der Waals surface area contributed by atoms with Crippen LogP contribution in [0.3, 0.4) is 0 Å². The Hall–Kier alpha value is -2.10. The summed E-state index contributed by atoms with van der Waals surface area (Å²) in [5, 5.41) is 10.3. The molecule has 0 aliphatic rings. The molecule has 0 saturated heterocycles. The summed E-state index contributed by atoms with van der Waals surface area (Å²) in [5.74, 6) is -0.307. The van der Waals surface area contributed by atoms with Gasteiger partial charge < -0.3 is 9.52 Å². The average Bonchev–Trinajstić information content (AvgIpc) is 2.86. The van der Waals surface area contributed by atoms with Crippen molar-refractivity contribution in [3.63, 3.8) is 0 Å². The van der Waals surface area contributed by atoms with Crippen LogP contribution in [0.5, 0.6) is 0 Å². The van der Waals surface area contributed by atoms with Crippen molar-refractivity contribution < 1.29 is 19.1 Å². The van der Waals surface area contributed by atoms with Crippen LogP contribution in [-0.2, 0) is 4.79 Å². The van der Waals surface area contributed by atoms with Gasteiger partial charge in [0.05, 0.1) is 6.26 Å². The molecule has 0 fully saturated rings. The lowest BCUT2D eigenvalue weighted by Crippen LogP contribution is -1.98. The number of benzene rings is 1. The van der Waals surface area contributed by atoms with Gasteiger partial charge in [-0.15, -0.1) is 0 Å². The molecule has 20 heavy (non-hydrogen) atoms. The number of rotatable bonds is 8. The third kappa shape index (κ3) is 3.70. The molecule has 0 aliphatic heterocycles. The minimum Gasteiger partial charge on any atom is -0.481 e. The Morgan fingerprint density at radius 3 is 2.45 bits per heavy atom. The van der Waals surface area contributed by atoms with Gasteiger partial charge in [-0.3, -0.25) is 9.59 Å². The first-order valence-electron chi connectivity index (χ1n) is 6.89. The van der Waals surface area contributed by atoms with Crippen molar-refractivity contribution in [3.05, 3.63) is 36.3 Å². The lowest BCUT2D eigenvalue weighted by molar-refractivity contribution is -0.137. The average molecular weight is 274 g/mol. The van der Waals surface area contributed by atoms with Crippen LogP contribution in [-0.4, -0.2) is 16.9 Å². The fourth-order valence-corrected chi connectivity index (χ4v) is 2.24. The maximum Gasteiger partial charge on any atom is 0.303 e. The van der Waals surface area contributed by atoms with Gasteiger partial charge in [0, 0.05) is 23.6 Å². The van der Waals surface area contributed by atoms with Gasteiger partial charge in [-0.1, -0.05) is 37.1 Å². The molecule has 106 valence electrons. The summed E-state index contributed by atoms with van der Waals surface area (Å²) in [6.07, 6.45) is 5.42. The SMILES string of the molecule is O=C(O)CCCCCCC(=O)c1occ2ccccc12. The zero-order valence-corrected chi connectivity index (χ0v) is 11.3. The maximum atomic E-state index is 12.1. The van der Waals surface area contributed by atoms with E-state index < -0.39 is 5.97 Å². The van der Waals surface area contributed by atoms with Crippen molar-refractivity contribution in [2.24, 2.45) is 0 Å². The first-order chi connectivity index (χ1) is 9.68. The van der Waals surface area contributed by atoms with Crippen molar-refractivity contribution in [3.8, 4) is 0 Å². The van der Waals surface area contributed by atoms with Crippen LogP contribution < -0.4 is 0 Å². The second-order valence-electron chi connectivity index (χ2n) is 4.88. The normalized spacial score (nSPS) is 10.8. The molecular formula is C16H18O4. The number of carboxylic acid groups (broad SMARTS) is 1. The van der Waals surface area contributed by atoms with Crippen molar-refractivity contribution in [2.75, 3.05) is 0 Å². The van der Waals surface area contributed by atoms with Gasteiger partial charge in [0.1, 0.15) is 0 Å². The molecule has 2 aromatic rings. The molecule has 4 nitrogen and oxygen atoms in total. The fraction of sp³-hybridized carbons (Fsp3) is 0.375. The molecule has 1 N–H and O–H groups in total. The Kier molecular flexibility index (Phi) is 4.93. The summed E-state index contributed by atoms with van der Waals surface area (Å²) in [6, 6.07) is 7.61. The molecular weight excluding hydrogens is 256 g/mol. The molecule has 1 aromatic carbocycles. The van der Waals surface area contributed by atoms with Crippen molar-refractivity contribution >= 4 is 22.5 Å². The van der Waals surface area contributed by atoms with Crippen LogP contribution in [0.2, 0.25) is 0 Å². The predicted octanol–water partition coefficient (Wildman–Crippen LogP) is 4.04. The van der Waals surface area contributed by atoms with E-state index in [4.69, 9.17) is 9.52 Å². The molecule has 0 amide bonds. The van der Waals surface area contributed by atoms with Crippen LogP contribution in [0.15, 0.2) is 34.9 Å². The molecule has 0 saturated carbocycles. The van der Waals surface area contributed by atoms with Crippen LogP contribution in [0.4, 0.5) is 0 Å². The minimum absolute atomic E-state index is 0.0180. The summed E-state index contributed by atoms with van der Waals surface area (Å²) in [5.41, 5.74) is 0. The standard InChI is InChI=1S/C16H18O4/c17-14(9-3-1-2-4-10-15(18)19)16-13-8-6-5-7-12(13)11-20-16/h5-8,11H,1-4,9-10H2,(H,18,19). The fourth-order valence-electron chi connectivity index (χ4n) is 2.24. The molecule has 0 bridgehead atoms. The highest BCUT2D eigenvalue weighted by molar-refractivity contribution is 6.05. The van der Waals surface area contributed by atoms with E-state index in [-0.39, 0.29) is 12.2 Å². The van der Waals surface area contributed by atoms with Crippen molar-refractivity contribution in [2.45, 2.75) is 38.5 Å². The Morgan fingerprint density at radius 1 is 1.00 bits per heavy atom. The lowest BCUT2D eigenvalue weighted by Gasteiger charge is -1.99. The number of hydrogen-bond acceptors (Lipinski definition) is 3. The molecule has 0 spiro atoms. The van der Waals surface area contributed by atoms with Crippen LogP contribution in [0.1, 0.15) is 49.1 Å². The number of hydrogen-bond donors (Lipinski definition) is 1. The number of aliphatic carboxylic acids is 1. The quantitative estimate of drug-likeness (QED) is 0.582. The van der Waals surface area contributed by atoms with Gasteiger partial charge in [0.2, 0.25) is 0 Å². The predicted molar refractivity (Wildman–Crippen MR) is 75.9 cm³/mol. The van der Waals surface area contributed by atoms with E-state index in [1.807, 2.05) is 24.3 Å². The summed E-state index contributed by atoms with van der Waals surface area (Å²) in [4.78, 5) is 22.4. The van der Waals surface area contributed by atoms with Crippen LogP contribution in [0.25, 0.3) is 10.8 Å².